The maximum atomic E-state index is 14.1. The molecule has 0 saturated carbocycles. The second-order valence-corrected chi connectivity index (χ2v) is 7.35. The van der Waals surface area contributed by atoms with E-state index in [0.29, 0.717) is 0 Å². The summed E-state index contributed by atoms with van der Waals surface area (Å²) in [5.41, 5.74) is 1.68. The monoisotopic (exact) mass is 224 g/mol. The van der Waals surface area contributed by atoms with Crippen LogP contribution in [0.5, 0.6) is 0 Å². The van der Waals surface area contributed by atoms with Crippen molar-refractivity contribution >= 4 is 20.0 Å². The van der Waals surface area contributed by atoms with Crippen molar-refractivity contribution in [3.8, 4) is 0 Å². The SMILES string of the molecule is CC(C)=NN(c1ccccc1)[Si](C)(C)F. The molecule has 0 amide bonds. The molecule has 1 rings (SSSR count). The summed E-state index contributed by atoms with van der Waals surface area (Å²) >= 11 is 0. The number of nitrogens with zero attached hydrogens (tertiary/aromatic N) is 2. The zero-order valence-electron chi connectivity index (χ0n) is 9.66. The molecule has 0 N–H and O–H groups in total. The Balaban J connectivity index is 3.08. The zero-order valence-corrected chi connectivity index (χ0v) is 10.7. The molecule has 0 aliphatic heterocycles. The Morgan fingerprint density at radius 3 is 2.13 bits per heavy atom. The number of benzene rings is 1. The normalized spacial score (nSPS) is 11.0. The molecular formula is C11H17FN2Si. The quantitative estimate of drug-likeness (QED) is 0.332. The standard InChI is InChI=1S/C11H17FN2Si/c1-10(2)13-14(15(3,4)12)11-8-6-5-7-9-11/h5-9H,1-4H3. The molecular weight excluding hydrogens is 207 g/mol. The molecule has 1 aromatic rings. The summed E-state index contributed by atoms with van der Waals surface area (Å²) in [6.45, 7) is 7.01. The van der Waals surface area contributed by atoms with Crippen LogP contribution in [0.15, 0.2) is 35.4 Å². The van der Waals surface area contributed by atoms with E-state index in [2.05, 4.69) is 5.10 Å². The van der Waals surface area contributed by atoms with Crippen LogP contribution in [0.2, 0.25) is 13.1 Å². The molecule has 82 valence electrons. The number of rotatable bonds is 3. The van der Waals surface area contributed by atoms with E-state index in [9.17, 15) is 4.11 Å². The van der Waals surface area contributed by atoms with E-state index in [1.165, 1.54) is 4.67 Å². The number of halogens is 1. The maximum Gasteiger partial charge on any atom is 0.363 e. The van der Waals surface area contributed by atoms with E-state index in [-0.39, 0.29) is 0 Å². The van der Waals surface area contributed by atoms with Gasteiger partial charge in [0, 0.05) is 5.71 Å². The molecule has 0 unspecified atom stereocenters. The third-order valence-electron chi connectivity index (χ3n) is 1.80. The Hall–Kier alpha value is -1.16. The van der Waals surface area contributed by atoms with Gasteiger partial charge in [0.1, 0.15) is 0 Å². The van der Waals surface area contributed by atoms with Gasteiger partial charge in [0.15, 0.2) is 0 Å². The Morgan fingerprint density at radius 1 is 1.20 bits per heavy atom. The minimum Gasteiger partial charge on any atom is -0.284 e. The summed E-state index contributed by atoms with van der Waals surface area (Å²) in [6.07, 6.45) is 0. The third-order valence-corrected chi connectivity index (χ3v) is 3.17. The van der Waals surface area contributed by atoms with E-state index in [4.69, 9.17) is 0 Å². The van der Waals surface area contributed by atoms with Crippen molar-refractivity contribution in [1.29, 1.82) is 0 Å². The molecule has 0 radical (unpaired) electrons. The van der Waals surface area contributed by atoms with Crippen LogP contribution in [0.1, 0.15) is 13.8 Å². The van der Waals surface area contributed by atoms with Gasteiger partial charge in [-0.3, -0.25) is 8.78 Å². The first kappa shape index (κ1) is 11.9. The highest BCUT2D eigenvalue weighted by Gasteiger charge is 2.30. The zero-order chi connectivity index (χ0) is 11.5. The van der Waals surface area contributed by atoms with Crippen molar-refractivity contribution in [2.45, 2.75) is 26.9 Å². The predicted octanol–water partition coefficient (Wildman–Crippen LogP) is 3.56. The van der Waals surface area contributed by atoms with Crippen LogP contribution in [0, 0.1) is 0 Å². The van der Waals surface area contributed by atoms with E-state index < -0.39 is 8.57 Å². The van der Waals surface area contributed by atoms with Gasteiger partial charge in [-0.05, 0) is 39.1 Å². The fourth-order valence-electron chi connectivity index (χ4n) is 1.25. The summed E-state index contributed by atoms with van der Waals surface area (Å²) in [4.78, 5) is 0. The first-order valence-corrected chi connectivity index (χ1v) is 7.80. The van der Waals surface area contributed by atoms with Crippen LogP contribution in [0.3, 0.4) is 0 Å². The first-order valence-electron chi connectivity index (χ1n) is 4.97. The van der Waals surface area contributed by atoms with Crippen LogP contribution in [0.4, 0.5) is 9.80 Å². The molecule has 15 heavy (non-hydrogen) atoms. The lowest BCUT2D eigenvalue weighted by Gasteiger charge is -2.27. The summed E-state index contributed by atoms with van der Waals surface area (Å²) in [6, 6.07) is 9.45. The lowest BCUT2D eigenvalue weighted by atomic mass is 10.3. The maximum absolute atomic E-state index is 14.1. The number of hydrogen-bond donors (Lipinski definition) is 0. The van der Waals surface area contributed by atoms with E-state index in [1.807, 2.05) is 44.2 Å². The Bertz CT molecular complexity index is 339. The van der Waals surface area contributed by atoms with Crippen LogP contribution in [0.25, 0.3) is 0 Å². The van der Waals surface area contributed by atoms with E-state index in [1.54, 1.807) is 13.1 Å². The Kier molecular flexibility index (Phi) is 3.63. The van der Waals surface area contributed by atoms with Gasteiger partial charge < -0.3 is 0 Å². The third kappa shape index (κ3) is 3.47. The van der Waals surface area contributed by atoms with Crippen LogP contribution in [-0.4, -0.2) is 14.3 Å². The lowest BCUT2D eigenvalue weighted by molar-refractivity contribution is 0.771. The van der Waals surface area contributed by atoms with Crippen molar-refractivity contribution in [2.24, 2.45) is 5.10 Å². The topological polar surface area (TPSA) is 15.6 Å². The summed E-state index contributed by atoms with van der Waals surface area (Å²) in [7, 11) is -2.94. The van der Waals surface area contributed by atoms with Crippen LogP contribution < -0.4 is 4.67 Å². The number of hydrogen-bond acceptors (Lipinski definition) is 2. The molecule has 4 heteroatoms. The fraction of sp³-hybridized carbons (Fsp3) is 0.364. The molecule has 0 aromatic heterocycles. The van der Waals surface area contributed by atoms with Crippen molar-refractivity contribution in [2.75, 3.05) is 4.67 Å². The largest absolute Gasteiger partial charge is 0.363 e. The molecule has 0 bridgehead atoms. The second kappa shape index (κ2) is 4.57. The van der Waals surface area contributed by atoms with Crippen molar-refractivity contribution < 1.29 is 4.11 Å². The van der Waals surface area contributed by atoms with Crippen LogP contribution >= 0.6 is 0 Å². The van der Waals surface area contributed by atoms with Gasteiger partial charge in [-0.15, -0.1) is 0 Å². The van der Waals surface area contributed by atoms with Gasteiger partial charge in [0.2, 0.25) is 0 Å². The van der Waals surface area contributed by atoms with E-state index >= 15 is 0 Å². The summed E-state index contributed by atoms with van der Waals surface area (Å²) in [5, 5.41) is 4.26. The van der Waals surface area contributed by atoms with Gasteiger partial charge >= 0.3 is 8.57 Å². The highest BCUT2D eigenvalue weighted by molar-refractivity contribution is 6.74. The number of anilines is 1. The molecule has 0 aliphatic carbocycles. The van der Waals surface area contributed by atoms with Gasteiger partial charge in [0.05, 0.1) is 5.69 Å². The average molecular weight is 224 g/mol. The minimum absolute atomic E-state index is 0.817. The molecule has 1 aromatic carbocycles. The molecule has 0 heterocycles. The van der Waals surface area contributed by atoms with Gasteiger partial charge in [0.25, 0.3) is 0 Å². The minimum atomic E-state index is -2.94. The lowest BCUT2D eigenvalue weighted by Crippen LogP contribution is -2.41. The number of para-hydroxylation sites is 1. The highest BCUT2D eigenvalue weighted by Crippen LogP contribution is 2.22. The average Bonchev–Trinajstić information content (AvgIpc) is 2.14. The van der Waals surface area contributed by atoms with Crippen molar-refractivity contribution in [3.05, 3.63) is 30.3 Å². The van der Waals surface area contributed by atoms with Crippen molar-refractivity contribution in [3.63, 3.8) is 0 Å². The predicted molar refractivity (Wildman–Crippen MR) is 66.3 cm³/mol. The molecule has 0 spiro atoms. The van der Waals surface area contributed by atoms with Crippen LogP contribution in [-0.2, 0) is 0 Å². The highest BCUT2D eigenvalue weighted by atomic mass is 28.4. The smallest absolute Gasteiger partial charge is 0.284 e. The number of hydrazone groups is 1. The first-order chi connectivity index (χ1) is 6.91. The Labute approximate surface area is 91.7 Å². The molecule has 0 fully saturated rings. The van der Waals surface area contributed by atoms with Gasteiger partial charge in [-0.25, -0.2) is 0 Å². The van der Waals surface area contributed by atoms with E-state index in [0.717, 1.165) is 11.4 Å². The summed E-state index contributed by atoms with van der Waals surface area (Å²) < 4.78 is 15.6. The molecule has 2 nitrogen and oxygen atoms in total. The van der Waals surface area contributed by atoms with Gasteiger partial charge in [-0.2, -0.15) is 5.10 Å². The second-order valence-electron chi connectivity index (χ2n) is 4.10. The Morgan fingerprint density at radius 2 is 1.73 bits per heavy atom. The molecule has 0 atom stereocenters. The summed E-state index contributed by atoms with van der Waals surface area (Å²) in [5.74, 6) is 0. The molecule has 0 saturated heterocycles. The van der Waals surface area contributed by atoms with Gasteiger partial charge in [-0.1, -0.05) is 18.2 Å². The van der Waals surface area contributed by atoms with Crippen molar-refractivity contribution in [1.82, 2.24) is 0 Å². The fourth-order valence-corrected chi connectivity index (χ4v) is 2.45. The molecule has 0 aliphatic rings.